The van der Waals surface area contributed by atoms with Crippen molar-refractivity contribution in [3.63, 3.8) is 0 Å². The van der Waals surface area contributed by atoms with Crippen molar-refractivity contribution in [1.29, 1.82) is 0 Å². The third-order valence-electron chi connectivity index (χ3n) is 5.34. The molecule has 0 atom stereocenters. The van der Waals surface area contributed by atoms with Crippen molar-refractivity contribution in [3.8, 4) is 5.75 Å². The first-order valence-electron chi connectivity index (χ1n) is 13.0. The van der Waals surface area contributed by atoms with E-state index in [1.165, 1.54) is 22.3 Å². The minimum Gasteiger partial charge on any atom is -0.507 e. The number of carbonyl (C=O) groups is 1. The third-order valence-corrected chi connectivity index (χ3v) is 6.46. The standard InChI is InChI=1S/C13H17NO.C12H14O.C6H9Br.C2H6/c1-2-7-14-13(15)12-8-10-5-3-4-6-11(10)9-12;1-9(2)8-10(3)11-6-4-5-7-12(11)13;1-4-6(7)5(2)3;1-2/h3-6,12H,2,7-9H2,1H3,(H,14,15);4-8,13H,3H2,1-2H3;4H,1H2,2-3H3;1-2H3. The van der Waals surface area contributed by atoms with Crippen molar-refractivity contribution >= 4 is 27.4 Å². The van der Waals surface area contributed by atoms with Crippen LogP contribution < -0.4 is 5.32 Å². The molecule has 3 rings (SSSR count). The molecule has 0 saturated heterocycles. The summed E-state index contributed by atoms with van der Waals surface area (Å²) < 4.78 is 1.09. The van der Waals surface area contributed by atoms with Crippen LogP contribution in [0, 0.1) is 5.92 Å². The summed E-state index contributed by atoms with van der Waals surface area (Å²) in [4.78, 5) is 11.8. The van der Waals surface area contributed by atoms with Gasteiger partial charge >= 0.3 is 0 Å². The molecule has 37 heavy (non-hydrogen) atoms. The zero-order valence-corrected chi connectivity index (χ0v) is 25.4. The van der Waals surface area contributed by atoms with Gasteiger partial charge in [-0.3, -0.25) is 4.79 Å². The number of phenols is 1. The highest BCUT2D eigenvalue weighted by Gasteiger charge is 2.26. The molecule has 4 heteroatoms. The van der Waals surface area contributed by atoms with Gasteiger partial charge in [-0.25, -0.2) is 0 Å². The SMILES string of the molecule is C=C(C=C(C)C)c1ccccc1O.C=CC(Br)=C(C)C.CC.CCCNC(=O)C1Cc2ccccc2C1. The second-order valence-electron chi connectivity index (χ2n) is 8.98. The van der Waals surface area contributed by atoms with Crippen molar-refractivity contribution < 1.29 is 9.90 Å². The van der Waals surface area contributed by atoms with Gasteiger partial charge in [-0.2, -0.15) is 0 Å². The highest BCUT2D eigenvalue weighted by Crippen LogP contribution is 2.26. The molecule has 0 fully saturated rings. The average Bonchev–Trinajstić information content (AvgIpc) is 3.33. The van der Waals surface area contributed by atoms with Crippen LogP contribution in [0.15, 0.2) is 89.5 Å². The summed E-state index contributed by atoms with van der Waals surface area (Å²) in [6, 6.07) is 15.6. The highest BCUT2D eigenvalue weighted by molar-refractivity contribution is 9.11. The van der Waals surface area contributed by atoms with E-state index in [1.807, 2.05) is 71.9 Å². The number of rotatable bonds is 6. The second kappa shape index (κ2) is 19.3. The summed E-state index contributed by atoms with van der Waals surface area (Å²) in [5.74, 6) is 0.659. The van der Waals surface area contributed by atoms with E-state index in [-0.39, 0.29) is 17.6 Å². The van der Waals surface area contributed by atoms with Gasteiger partial charge in [0.05, 0.1) is 0 Å². The van der Waals surface area contributed by atoms with Crippen LogP contribution in [0.25, 0.3) is 5.57 Å². The molecule has 202 valence electrons. The number of halogens is 1. The number of hydrogen-bond donors (Lipinski definition) is 2. The Morgan fingerprint density at radius 2 is 1.54 bits per heavy atom. The smallest absolute Gasteiger partial charge is 0.223 e. The Bertz CT molecular complexity index is 1030. The Hall–Kier alpha value is -2.85. The molecule has 0 radical (unpaired) electrons. The number of nitrogens with one attached hydrogen (secondary N) is 1. The maximum Gasteiger partial charge on any atom is 0.223 e. The number of carbonyl (C=O) groups excluding carboxylic acids is 1. The maximum absolute atomic E-state index is 11.8. The predicted molar refractivity (Wildman–Crippen MR) is 166 cm³/mol. The van der Waals surface area contributed by atoms with Crippen molar-refractivity contribution in [2.75, 3.05) is 6.54 Å². The zero-order chi connectivity index (χ0) is 28.4. The molecule has 1 aliphatic carbocycles. The van der Waals surface area contributed by atoms with Gasteiger partial charge in [-0.15, -0.1) is 0 Å². The van der Waals surface area contributed by atoms with Gasteiger partial charge in [0, 0.05) is 22.5 Å². The molecule has 2 N–H and O–H groups in total. The number of allylic oxidation sites excluding steroid dienone is 6. The second-order valence-corrected chi connectivity index (χ2v) is 9.84. The molecule has 0 heterocycles. The van der Waals surface area contributed by atoms with Crippen molar-refractivity contribution in [2.45, 2.75) is 67.7 Å². The number of amides is 1. The molecule has 1 aliphatic rings. The van der Waals surface area contributed by atoms with Crippen LogP contribution >= 0.6 is 15.9 Å². The van der Waals surface area contributed by atoms with Crippen LogP contribution in [0.4, 0.5) is 0 Å². The number of phenolic OH excluding ortho intramolecular Hbond substituents is 1. The number of fused-ring (bicyclic) bond motifs is 1. The largest absolute Gasteiger partial charge is 0.507 e. The van der Waals surface area contributed by atoms with E-state index in [0.29, 0.717) is 0 Å². The van der Waals surface area contributed by atoms with Crippen LogP contribution in [0.5, 0.6) is 5.75 Å². The van der Waals surface area contributed by atoms with Crippen molar-refractivity contribution in [1.82, 2.24) is 5.32 Å². The predicted octanol–water partition coefficient (Wildman–Crippen LogP) is 9.19. The van der Waals surface area contributed by atoms with Gasteiger partial charge in [-0.05, 0) is 69.7 Å². The van der Waals surface area contributed by atoms with Gasteiger partial charge in [0.1, 0.15) is 5.75 Å². The quantitative estimate of drug-likeness (QED) is 0.341. The molecular formula is C33H46BrNO2. The fraction of sp³-hybridized carbons (Fsp3) is 0.364. The van der Waals surface area contributed by atoms with Crippen LogP contribution in [0.3, 0.4) is 0 Å². The number of hydrogen-bond acceptors (Lipinski definition) is 2. The summed E-state index contributed by atoms with van der Waals surface area (Å²) in [6.07, 6.45) is 6.56. The molecule has 2 aromatic rings. The van der Waals surface area contributed by atoms with Crippen LogP contribution in [-0.2, 0) is 17.6 Å². The maximum atomic E-state index is 11.8. The molecule has 3 nitrogen and oxygen atoms in total. The molecule has 0 bridgehead atoms. The monoisotopic (exact) mass is 567 g/mol. The minimum absolute atomic E-state index is 0.161. The topological polar surface area (TPSA) is 49.3 Å². The third kappa shape index (κ3) is 13.3. The number of para-hydroxylation sites is 1. The van der Waals surface area contributed by atoms with E-state index in [0.717, 1.165) is 41.4 Å². The number of aromatic hydroxyl groups is 1. The van der Waals surface area contributed by atoms with Gasteiger partial charge in [0.25, 0.3) is 0 Å². The van der Waals surface area contributed by atoms with Gasteiger partial charge in [-0.1, -0.05) is 116 Å². The zero-order valence-electron chi connectivity index (χ0n) is 23.8. The summed E-state index contributed by atoms with van der Waals surface area (Å²) in [5.41, 5.74) is 6.76. The Morgan fingerprint density at radius 3 is 1.95 bits per heavy atom. The molecule has 0 aromatic heterocycles. The molecule has 0 spiro atoms. The van der Waals surface area contributed by atoms with E-state index < -0.39 is 0 Å². The lowest BCUT2D eigenvalue weighted by Gasteiger charge is -2.08. The highest BCUT2D eigenvalue weighted by atomic mass is 79.9. The van der Waals surface area contributed by atoms with Crippen LogP contribution in [-0.4, -0.2) is 17.6 Å². The minimum atomic E-state index is 0.161. The van der Waals surface area contributed by atoms with Gasteiger partial charge in [0.2, 0.25) is 5.91 Å². The van der Waals surface area contributed by atoms with Crippen LogP contribution in [0.1, 0.15) is 71.6 Å². The summed E-state index contributed by atoms with van der Waals surface area (Å²) >= 11 is 3.30. The van der Waals surface area contributed by atoms with Gasteiger partial charge in [0.15, 0.2) is 0 Å². The summed E-state index contributed by atoms with van der Waals surface area (Å²) in [7, 11) is 0. The molecular weight excluding hydrogens is 522 g/mol. The summed E-state index contributed by atoms with van der Waals surface area (Å²) in [5, 5.41) is 12.5. The fourth-order valence-corrected chi connectivity index (χ4v) is 3.51. The molecule has 0 unspecified atom stereocenters. The van der Waals surface area contributed by atoms with Crippen LogP contribution in [0.2, 0.25) is 0 Å². The Kier molecular flexibility index (Phi) is 17.8. The van der Waals surface area contributed by atoms with E-state index >= 15 is 0 Å². The lowest BCUT2D eigenvalue weighted by molar-refractivity contribution is -0.124. The lowest BCUT2D eigenvalue weighted by atomic mass is 10.0. The first-order valence-corrected chi connectivity index (χ1v) is 13.8. The van der Waals surface area contributed by atoms with Crippen molar-refractivity contribution in [2.24, 2.45) is 5.92 Å². The van der Waals surface area contributed by atoms with E-state index in [1.54, 1.807) is 18.2 Å². The Balaban J connectivity index is 0.000000539. The van der Waals surface area contributed by atoms with Gasteiger partial charge < -0.3 is 10.4 Å². The first kappa shape index (κ1) is 34.1. The molecule has 2 aromatic carbocycles. The van der Waals surface area contributed by atoms with E-state index in [9.17, 15) is 9.90 Å². The van der Waals surface area contributed by atoms with E-state index in [2.05, 4.69) is 53.5 Å². The number of benzene rings is 2. The molecule has 0 saturated carbocycles. The molecule has 1 amide bonds. The molecule has 0 aliphatic heterocycles. The normalized spacial score (nSPS) is 11.0. The fourth-order valence-electron chi connectivity index (χ4n) is 3.51. The summed E-state index contributed by atoms with van der Waals surface area (Å²) in [6.45, 7) is 22.4. The Labute approximate surface area is 234 Å². The average molecular weight is 569 g/mol. The Morgan fingerprint density at radius 1 is 1.03 bits per heavy atom. The lowest BCUT2D eigenvalue weighted by Crippen LogP contribution is -2.31. The first-order chi connectivity index (χ1) is 17.6. The van der Waals surface area contributed by atoms with E-state index in [4.69, 9.17) is 0 Å². The van der Waals surface area contributed by atoms with Crippen molar-refractivity contribution in [3.05, 3.63) is 106 Å².